The van der Waals surface area contributed by atoms with Crippen LogP contribution in [0.3, 0.4) is 0 Å². The van der Waals surface area contributed by atoms with Gasteiger partial charge in [-0.25, -0.2) is 0 Å². The molecule has 152 valence electrons. The minimum atomic E-state index is 0.349. The van der Waals surface area contributed by atoms with E-state index in [1.54, 1.807) is 11.3 Å². The van der Waals surface area contributed by atoms with E-state index in [2.05, 4.69) is 33.1 Å². The molecule has 0 spiro atoms. The van der Waals surface area contributed by atoms with E-state index < -0.39 is 0 Å². The third-order valence-corrected chi connectivity index (χ3v) is 6.18. The van der Waals surface area contributed by atoms with E-state index in [9.17, 15) is 0 Å². The summed E-state index contributed by atoms with van der Waals surface area (Å²) >= 11 is 1.56. The molecule has 0 bridgehead atoms. The number of nitriles is 1. The van der Waals surface area contributed by atoms with Crippen LogP contribution in [-0.2, 0) is 4.74 Å². The van der Waals surface area contributed by atoms with Gasteiger partial charge in [-0.15, -0.1) is 10.2 Å². The van der Waals surface area contributed by atoms with Crippen molar-refractivity contribution in [2.75, 3.05) is 30.5 Å². The van der Waals surface area contributed by atoms with Crippen molar-refractivity contribution in [3.05, 3.63) is 40.7 Å². The Kier molecular flexibility index (Phi) is 4.94. The highest BCUT2D eigenvalue weighted by Crippen LogP contribution is 2.34. The fourth-order valence-electron chi connectivity index (χ4n) is 3.76. The van der Waals surface area contributed by atoms with Crippen LogP contribution >= 0.6 is 11.3 Å². The number of anilines is 1. The predicted octanol–water partition coefficient (Wildman–Crippen LogP) is 3.43. The molecule has 0 aromatic carbocycles. The molecule has 2 N–H and O–H groups in total. The molecule has 0 saturated carbocycles. The van der Waals surface area contributed by atoms with Gasteiger partial charge in [-0.05, 0) is 44.0 Å². The van der Waals surface area contributed by atoms with E-state index in [0.717, 1.165) is 64.4 Å². The summed E-state index contributed by atoms with van der Waals surface area (Å²) < 4.78 is 7.49. The molecule has 0 aliphatic carbocycles. The lowest BCUT2D eigenvalue weighted by atomic mass is 10.1. The van der Waals surface area contributed by atoms with Crippen LogP contribution in [0.1, 0.15) is 23.5 Å². The maximum atomic E-state index is 9.17. The molecule has 0 unspecified atom stereocenters. The van der Waals surface area contributed by atoms with Crippen molar-refractivity contribution < 1.29 is 4.74 Å². The molecular formula is C21H21N7OS. The van der Waals surface area contributed by atoms with Crippen LogP contribution in [0.2, 0.25) is 0 Å². The van der Waals surface area contributed by atoms with Gasteiger partial charge in [0.05, 0.1) is 40.8 Å². The Morgan fingerprint density at radius 2 is 2.17 bits per heavy atom. The molecule has 9 heteroatoms. The van der Waals surface area contributed by atoms with E-state index in [1.807, 2.05) is 36.0 Å². The van der Waals surface area contributed by atoms with Crippen molar-refractivity contribution in [2.24, 2.45) is 0 Å². The number of hydrogen-bond donors (Lipinski definition) is 2. The number of pyridine rings is 1. The Morgan fingerprint density at radius 3 is 2.93 bits per heavy atom. The van der Waals surface area contributed by atoms with Crippen LogP contribution in [0.15, 0.2) is 30.0 Å². The highest BCUT2D eigenvalue weighted by molar-refractivity contribution is 7.14. The Morgan fingerprint density at radius 1 is 1.30 bits per heavy atom. The van der Waals surface area contributed by atoms with Gasteiger partial charge >= 0.3 is 0 Å². The number of hydrogen-bond acceptors (Lipinski definition) is 8. The van der Waals surface area contributed by atoms with Crippen LogP contribution < -0.4 is 10.7 Å². The molecule has 0 radical (unpaired) electrons. The van der Waals surface area contributed by atoms with Gasteiger partial charge in [0, 0.05) is 31.1 Å². The first-order valence-electron chi connectivity index (χ1n) is 9.93. The molecule has 30 heavy (non-hydrogen) atoms. The molecule has 1 fully saturated rings. The molecule has 0 atom stereocenters. The standard InChI is InChI=1S/C21H21N7OS/c1-13-26-27-21(30-13)17-12-23-19(9-18(17)25-15-4-6-29-7-5-15)20-3-2-16-8-14(10-22)11-24-28(16)20/h2-3,8-9,12,15,24H,4-7,11H2,1H3,(H,23,25). The van der Waals surface area contributed by atoms with Crippen LogP contribution in [0.5, 0.6) is 0 Å². The lowest BCUT2D eigenvalue weighted by Gasteiger charge is -2.25. The summed E-state index contributed by atoms with van der Waals surface area (Å²) in [5.74, 6) is 0. The molecular weight excluding hydrogens is 398 g/mol. The van der Waals surface area contributed by atoms with Gasteiger partial charge in [0.2, 0.25) is 0 Å². The number of nitrogens with one attached hydrogen (secondary N) is 2. The second-order valence-electron chi connectivity index (χ2n) is 7.37. The van der Waals surface area contributed by atoms with Crippen LogP contribution in [-0.4, -0.2) is 45.7 Å². The van der Waals surface area contributed by atoms with Gasteiger partial charge < -0.3 is 15.5 Å². The summed E-state index contributed by atoms with van der Waals surface area (Å²) in [6, 6.07) is 8.66. The number of aromatic nitrogens is 4. The number of nitrogens with zero attached hydrogens (tertiary/aromatic N) is 5. The molecule has 8 nitrogen and oxygen atoms in total. The Bertz CT molecular complexity index is 1150. The molecule has 2 aliphatic heterocycles. The zero-order chi connectivity index (χ0) is 20.5. The van der Waals surface area contributed by atoms with Crippen molar-refractivity contribution in [1.82, 2.24) is 19.9 Å². The van der Waals surface area contributed by atoms with Gasteiger partial charge in [-0.2, -0.15) is 5.26 Å². The SMILES string of the molecule is Cc1nnc(-c2cnc(-c3ccc4n3NCC(C#N)=C4)cc2NC2CCOCC2)s1. The summed E-state index contributed by atoms with van der Waals surface area (Å²) in [5.41, 5.74) is 8.71. The average Bonchev–Trinajstić information content (AvgIpc) is 3.40. The molecule has 3 aromatic heterocycles. The maximum Gasteiger partial charge on any atom is 0.151 e. The quantitative estimate of drug-likeness (QED) is 0.668. The summed E-state index contributed by atoms with van der Waals surface area (Å²) in [6.45, 7) is 4.00. The number of fused-ring (bicyclic) bond motifs is 1. The van der Waals surface area contributed by atoms with Crippen molar-refractivity contribution >= 4 is 23.1 Å². The van der Waals surface area contributed by atoms with Gasteiger partial charge in [-0.1, -0.05) is 11.3 Å². The molecule has 5 rings (SSSR count). The Labute approximate surface area is 178 Å². The predicted molar refractivity (Wildman–Crippen MR) is 117 cm³/mol. The highest BCUT2D eigenvalue weighted by atomic mass is 32.1. The zero-order valence-corrected chi connectivity index (χ0v) is 17.4. The van der Waals surface area contributed by atoms with Gasteiger partial charge in [0.15, 0.2) is 5.01 Å². The number of aryl methyl sites for hydroxylation is 1. The fraction of sp³-hybridized carbons (Fsp3) is 0.333. The molecule has 3 aromatic rings. The van der Waals surface area contributed by atoms with Crippen molar-refractivity contribution in [1.29, 1.82) is 5.26 Å². The second kappa shape index (κ2) is 7.89. The van der Waals surface area contributed by atoms with Crippen molar-refractivity contribution in [2.45, 2.75) is 25.8 Å². The van der Waals surface area contributed by atoms with E-state index in [1.165, 1.54) is 0 Å². The van der Waals surface area contributed by atoms with E-state index in [0.29, 0.717) is 18.2 Å². The largest absolute Gasteiger partial charge is 0.381 e. The summed E-state index contributed by atoms with van der Waals surface area (Å²) in [7, 11) is 0. The van der Waals surface area contributed by atoms with Gasteiger partial charge in [0.1, 0.15) is 5.01 Å². The van der Waals surface area contributed by atoms with E-state index >= 15 is 0 Å². The first kappa shape index (κ1) is 18.8. The first-order valence-corrected chi connectivity index (χ1v) is 10.7. The molecule has 5 heterocycles. The number of rotatable bonds is 4. The zero-order valence-electron chi connectivity index (χ0n) is 16.6. The van der Waals surface area contributed by atoms with Crippen LogP contribution in [0.4, 0.5) is 5.69 Å². The van der Waals surface area contributed by atoms with Crippen molar-refractivity contribution in [3.63, 3.8) is 0 Å². The van der Waals surface area contributed by atoms with Crippen LogP contribution in [0.25, 0.3) is 28.0 Å². The monoisotopic (exact) mass is 419 g/mol. The maximum absolute atomic E-state index is 9.17. The normalized spacial score (nSPS) is 16.3. The first-order chi connectivity index (χ1) is 14.7. The topological polar surface area (TPSA) is 101 Å². The minimum Gasteiger partial charge on any atom is -0.381 e. The summed E-state index contributed by atoms with van der Waals surface area (Å²) in [6.07, 6.45) is 5.71. The Hall–Kier alpha value is -3.22. The van der Waals surface area contributed by atoms with Crippen molar-refractivity contribution in [3.8, 4) is 28.0 Å². The van der Waals surface area contributed by atoms with Gasteiger partial charge in [0.25, 0.3) is 0 Å². The molecule has 1 saturated heterocycles. The lowest BCUT2D eigenvalue weighted by Crippen LogP contribution is -2.28. The third-order valence-electron chi connectivity index (χ3n) is 5.31. The van der Waals surface area contributed by atoms with Gasteiger partial charge in [-0.3, -0.25) is 9.66 Å². The summed E-state index contributed by atoms with van der Waals surface area (Å²) in [4.78, 5) is 4.74. The average molecular weight is 420 g/mol. The molecule has 2 aliphatic rings. The smallest absolute Gasteiger partial charge is 0.151 e. The summed E-state index contributed by atoms with van der Waals surface area (Å²) in [5, 5.41) is 23.1. The van der Waals surface area contributed by atoms with Crippen LogP contribution in [0, 0.1) is 18.3 Å². The van der Waals surface area contributed by atoms with E-state index in [-0.39, 0.29) is 0 Å². The fourth-order valence-corrected chi connectivity index (χ4v) is 4.48. The third kappa shape index (κ3) is 3.56. The highest BCUT2D eigenvalue weighted by Gasteiger charge is 2.20. The minimum absolute atomic E-state index is 0.349. The number of ether oxygens (including phenoxy) is 1. The lowest BCUT2D eigenvalue weighted by molar-refractivity contribution is 0.0904. The second-order valence-corrected chi connectivity index (χ2v) is 8.55. The van der Waals surface area contributed by atoms with E-state index in [4.69, 9.17) is 15.0 Å². The molecule has 0 amide bonds. The Balaban J connectivity index is 1.54.